The number of nitrogens with zero attached hydrogens (tertiary/aromatic N) is 1. The van der Waals surface area contributed by atoms with Crippen molar-refractivity contribution < 1.29 is 28.3 Å². The van der Waals surface area contributed by atoms with Crippen molar-refractivity contribution in [1.82, 2.24) is 0 Å². The quantitative estimate of drug-likeness (QED) is 0.230. The van der Waals surface area contributed by atoms with E-state index in [0.29, 0.717) is 35.5 Å². The van der Waals surface area contributed by atoms with E-state index in [0.717, 1.165) is 44.9 Å². The molecule has 8 heteroatoms. The molecule has 3 N–H and O–H groups in total. The van der Waals surface area contributed by atoms with Crippen LogP contribution < -0.4 is 5.11 Å². The van der Waals surface area contributed by atoms with Crippen molar-refractivity contribution in [1.29, 1.82) is 0 Å². The van der Waals surface area contributed by atoms with Gasteiger partial charge in [0.25, 0.3) is 10.1 Å². The molecule has 0 amide bonds. The number of rotatable bonds is 9. The maximum atomic E-state index is 12.2. The summed E-state index contributed by atoms with van der Waals surface area (Å²) < 4.78 is 30.5. The topological polar surface area (TPSA) is 130 Å². The van der Waals surface area contributed by atoms with E-state index in [1.807, 2.05) is 6.92 Å². The molecule has 0 aromatic heterocycles. The van der Waals surface area contributed by atoms with Crippen LogP contribution in [0, 0.1) is 52.3 Å². The fourth-order valence-electron chi connectivity index (χ4n) is 9.67. The minimum atomic E-state index is -4.09. The highest BCUT2D eigenvalue weighted by Gasteiger charge is 2.62. The number of aliphatic hydroxyl groups excluding tert-OH is 2. The van der Waals surface area contributed by atoms with Crippen LogP contribution in [0.15, 0.2) is 4.99 Å². The van der Waals surface area contributed by atoms with Crippen molar-refractivity contribution >= 4 is 16.0 Å². The Morgan fingerprint density at radius 2 is 1.68 bits per heavy atom. The molecule has 0 aromatic carbocycles. The lowest BCUT2D eigenvalue weighted by atomic mass is 9.43. The first-order valence-electron chi connectivity index (χ1n) is 14.8. The smallest absolute Gasteiger partial charge is 0.266 e. The normalized spacial score (nSPS) is 44.0. The summed E-state index contributed by atoms with van der Waals surface area (Å²) in [6, 6.07) is 0. The third-order valence-electron chi connectivity index (χ3n) is 11.8. The highest BCUT2D eigenvalue weighted by Crippen LogP contribution is 2.68. The second-order valence-electron chi connectivity index (χ2n) is 13.8. The van der Waals surface area contributed by atoms with Gasteiger partial charge in [-0.2, -0.15) is 8.42 Å². The fraction of sp³-hybridized carbons (Fsp3) is 0.966. The number of fused-ring (bicyclic) bond motifs is 5. The third-order valence-corrected chi connectivity index (χ3v) is 12.4. The van der Waals surface area contributed by atoms with E-state index in [4.69, 9.17) is 4.55 Å². The molecule has 0 unspecified atom stereocenters. The summed E-state index contributed by atoms with van der Waals surface area (Å²) in [5, 5.41) is 33.9. The summed E-state index contributed by atoms with van der Waals surface area (Å²) in [5.41, 5.74) is 0.509. The van der Waals surface area contributed by atoms with Gasteiger partial charge < -0.3 is 20.3 Å². The van der Waals surface area contributed by atoms with E-state index >= 15 is 0 Å². The van der Waals surface area contributed by atoms with Gasteiger partial charge in [-0.1, -0.05) is 40.5 Å². The highest BCUT2D eigenvalue weighted by molar-refractivity contribution is 7.85. The first kappa shape index (κ1) is 29.3. The molecule has 37 heavy (non-hydrogen) atoms. The van der Waals surface area contributed by atoms with Crippen LogP contribution in [0.5, 0.6) is 0 Å². The first-order chi connectivity index (χ1) is 17.3. The summed E-state index contributed by atoms with van der Waals surface area (Å²) in [7, 11) is -4.09. The molecule has 4 saturated carbocycles. The van der Waals surface area contributed by atoms with Gasteiger partial charge in [0.15, 0.2) is 0 Å². The van der Waals surface area contributed by atoms with E-state index in [9.17, 15) is 23.7 Å². The monoisotopic (exact) mass is 540 g/mol. The van der Waals surface area contributed by atoms with Crippen LogP contribution in [0.2, 0.25) is 0 Å². The van der Waals surface area contributed by atoms with Crippen LogP contribution >= 0.6 is 0 Å². The minimum Gasteiger partial charge on any atom is -0.862 e. The number of aliphatic hydroxyl groups is 2. The standard InChI is InChI=1S/C29H51NO6S/c1-18(6-5-7-19(2)27(33)30-14-15-37(34,35)36)22-8-9-23-26-24(11-13-29(22,23)4)28(3)12-10-21(31)16-20(28)17-25(26)32/h18-26,31-32H,5-17H2,1-4H3,(H,30,33)(H,34,35,36)/p-1/t18-,19+,20+,21-,22-,23+,24+,25-,26+,28+,29-/m1/s1. The Balaban J connectivity index is 1.34. The van der Waals surface area contributed by atoms with Gasteiger partial charge >= 0.3 is 0 Å². The van der Waals surface area contributed by atoms with Crippen molar-refractivity contribution in [3.8, 4) is 0 Å². The molecular formula is C29H50NO6S-. The molecule has 4 aliphatic carbocycles. The Hall–Kier alpha value is -0.700. The first-order valence-corrected chi connectivity index (χ1v) is 16.4. The fourth-order valence-corrected chi connectivity index (χ4v) is 10.00. The molecule has 11 atom stereocenters. The Kier molecular flexibility index (Phi) is 8.75. The summed E-state index contributed by atoms with van der Waals surface area (Å²) in [5.74, 6) is 2.12. The lowest BCUT2D eigenvalue weighted by molar-refractivity contribution is -0.223. The van der Waals surface area contributed by atoms with Crippen molar-refractivity contribution in [2.24, 2.45) is 57.2 Å². The van der Waals surface area contributed by atoms with Gasteiger partial charge in [-0.15, -0.1) is 0 Å². The summed E-state index contributed by atoms with van der Waals surface area (Å²) in [4.78, 5) is 3.82. The average Bonchev–Trinajstić information content (AvgIpc) is 3.16. The summed E-state index contributed by atoms with van der Waals surface area (Å²) in [6.07, 6.45) is 10.8. The number of hydrogen-bond donors (Lipinski definition) is 3. The third kappa shape index (κ3) is 5.92. The van der Waals surface area contributed by atoms with E-state index in [-0.39, 0.29) is 41.4 Å². The molecule has 0 radical (unpaired) electrons. The molecule has 4 aliphatic rings. The lowest BCUT2D eigenvalue weighted by Gasteiger charge is -2.62. The van der Waals surface area contributed by atoms with Crippen molar-refractivity contribution in [3.05, 3.63) is 0 Å². The Bertz CT molecular complexity index is 939. The Morgan fingerprint density at radius 3 is 2.38 bits per heavy atom. The molecule has 4 rings (SSSR count). The zero-order chi connectivity index (χ0) is 27.2. The van der Waals surface area contributed by atoms with Gasteiger partial charge in [0.05, 0.1) is 24.5 Å². The van der Waals surface area contributed by atoms with E-state index in [1.54, 1.807) is 0 Å². The van der Waals surface area contributed by atoms with Gasteiger partial charge in [-0.25, -0.2) is 0 Å². The maximum Gasteiger partial charge on any atom is 0.266 e. The van der Waals surface area contributed by atoms with Crippen LogP contribution in [-0.2, 0) is 10.1 Å². The van der Waals surface area contributed by atoms with E-state index in [2.05, 4.69) is 25.8 Å². The maximum absolute atomic E-state index is 12.2. The molecule has 0 heterocycles. The summed E-state index contributed by atoms with van der Waals surface area (Å²) >= 11 is 0. The SMILES string of the molecule is C[C@H](CCC[C@H](C)C([O-])=NCCS(=O)(=O)O)[C@H]1CC[C@H]2[C@@H]3[C@H](O)C[C@@H]4C[C@H](O)CC[C@]4(C)[C@H]3CC[C@]12C. The lowest BCUT2D eigenvalue weighted by Crippen LogP contribution is -2.58. The van der Waals surface area contributed by atoms with Crippen LogP contribution in [0.4, 0.5) is 0 Å². The molecule has 4 fully saturated rings. The molecule has 7 nitrogen and oxygen atoms in total. The predicted molar refractivity (Wildman–Crippen MR) is 144 cm³/mol. The Morgan fingerprint density at radius 1 is 1.00 bits per heavy atom. The molecular weight excluding hydrogens is 490 g/mol. The van der Waals surface area contributed by atoms with Gasteiger partial charge in [-0.3, -0.25) is 4.55 Å². The van der Waals surface area contributed by atoms with E-state index < -0.39 is 15.9 Å². The molecule has 0 aromatic rings. The molecule has 0 saturated heterocycles. The van der Waals surface area contributed by atoms with Crippen molar-refractivity contribution in [2.75, 3.05) is 12.3 Å². The Labute approximate surface area is 224 Å². The van der Waals surface area contributed by atoms with Crippen LogP contribution in [-0.4, -0.2) is 53.6 Å². The van der Waals surface area contributed by atoms with Crippen molar-refractivity contribution in [3.63, 3.8) is 0 Å². The zero-order valence-electron chi connectivity index (χ0n) is 23.3. The van der Waals surface area contributed by atoms with Crippen LogP contribution in [0.25, 0.3) is 0 Å². The highest BCUT2D eigenvalue weighted by atomic mass is 32.2. The zero-order valence-corrected chi connectivity index (χ0v) is 24.1. The van der Waals surface area contributed by atoms with Crippen LogP contribution in [0.3, 0.4) is 0 Å². The van der Waals surface area contributed by atoms with Gasteiger partial charge in [0.2, 0.25) is 0 Å². The molecule has 0 spiro atoms. The van der Waals surface area contributed by atoms with Gasteiger partial charge in [-0.05, 0) is 116 Å². The average molecular weight is 541 g/mol. The minimum absolute atomic E-state index is 0.186. The van der Waals surface area contributed by atoms with Crippen LogP contribution in [0.1, 0.15) is 98.3 Å². The van der Waals surface area contributed by atoms with Gasteiger partial charge in [0, 0.05) is 0 Å². The summed E-state index contributed by atoms with van der Waals surface area (Å²) in [6.45, 7) is 8.98. The number of hydrogen-bond acceptors (Lipinski definition) is 6. The van der Waals surface area contributed by atoms with Crippen molar-refractivity contribution in [2.45, 2.75) is 111 Å². The predicted octanol–water partition coefficient (Wildman–Crippen LogP) is 4.07. The number of aliphatic imine (C=N–C) groups is 1. The van der Waals surface area contributed by atoms with E-state index in [1.165, 1.54) is 25.7 Å². The molecule has 0 aliphatic heterocycles. The second kappa shape index (κ2) is 11.1. The van der Waals surface area contributed by atoms with Gasteiger partial charge in [0.1, 0.15) is 0 Å². The largest absolute Gasteiger partial charge is 0.862 e. The molecule has 214 valence electrons. The molecule has 0 bridgehead atoms. The second-order valence-corrected chi connectivity index (χ2v) is 15.3.